The number of hydrogen-bond acceptors (Lipinski definition) is 33. The second-order valence-electron chi connectivity index (χ2n) is 36.4. The molecule has 140 heavy (non-hydrogen) atoms. The number of fused-ring (bicyclic) bond motifs is 18. The zero-order valence-electron chi connectivity index (χ0n) is 84.0. The zero-order valence-corrected chi connectivity index (χ0v) is 101. The molecule has 0 fully saturated rings. The fraction of sp³-hybridized carbons (Fsp3) is 0.529. The molecule has 0 spiro atoms. The van der Waals surface area contributed by atoms with Crippen molar-refractivity contribution in [3.63, 3.8) is 0 Å². The summed E-state index contributed by atoms with van der Waals surface area (Å²) < 4.78 is 129. The van der Waals surface area contributed by atoms with Crippen LogP contribution in [0.4, 0.5) is 0 Å². The zero-order chi connectivity index (χ0) is 102. The van der Waals surface area contributed by atoms with E-state index in [0.717, 1.165) is 42.1 Å². The molecule has 18 rings (SSSR count). The SMILES string of the molecule is COCCOCCOc1c(Br)sc2c1C(C)(C)c1cc(Br)sc1-2.COCCOCCOc1c(Br)sc2c1C(C)(C)c1cc(Br)sc1-2.COCCOCCOc1c(C)sc2c1C(C)(C)c1cc(C)sc1-2.COCCOCCOc1c(C)sc2c1C(C)(C)c1cc(C)sc1-2.COCCOCCOc1c(C)sc2c1C(C)(C)c1cc(C)sc1-2.COCCOCCOc1csc2c1C(C)(C)c1ccsc1-2.O=S(=O)=O. The first-order valence-electron chi connectivity index (χ1n) is 45.9. The molecule has 0 atom stereocenters. The first kappa shape index (κ1) is 115. The maximum Gasteiger partial charge on any atom is 0.425 e. The van der Waals surface area contributed by atoms with E-state index in [4.69, 9.17) is 97.9 Å². The number of hydrogen-bond donors (Lipinski definition) is 0. The van der Waals surface area contributed by atoms with Gasteiger partial charge in [0.1, 0.15) is 81.7 Å². The van der Waals surface area contributed by atoms with Gasteiger partial charge in [0.25, 0.3) is 0 Å². The van der Waals surface area contributed by atoms with Gasteiger partial charge >= 0.3 is 10.6 Å². The van der Waals surface area contributed by atoms with Gasteiger partial charge in [0.15, 0.2) is 0 Å². The third-order valence-corrected chi connectivity index (χ3v) is 40.8. The molecule has 0 bridgehead atoms. The summed E-state index contributed by atoms with van der Waals surface area (Å²) in [4.78, 5) is 24.6. The highest BCUT2D eigenvalue weighted by molar-refractivity contribution is 9.11. The summed E-state index contributed by atoms with van der Waals surface area (Å²) in [7, 11) is 6.95. The van der Waals surface area contributed by atoms with Crippen LogP contribution in [0.3, 0.4) is 0 Å². The Balaban J connectivity index is 0.000000149. The fourth-order valence-corrected chi connectivity index (χ4v) is 35.7. The minimum Gasteiger partial charge on any atom is -0.490 e. The lowest BCUT2D eigenvalue weighted by atomic mass is 9.83. The molecule has 12 aromatic rings. The topological polar surface area (TPSA) is 217 Å². The van der Waals surface area contributed by atoms with Crippen LogP contribution in [0.2, 0.25) is 0 Å². The molecule has 0 radical (unpaired) electrons. The summed E-state index contributed by atoms with van der Waals surface area (Å²) in [5, 5.41) is 4.31. The molecule has 6 aliphatic carbocycles. The van der Waals surface area contributed by atoms with Crippen LogP contribution in [0.1, 0.15) is 179 Å². The van der Waals surface area contributed by atoms with Gasteiger partial charge in [-0.15, -0.1) is 149 Å². The van der Waals surface area contributed by atoms with Crippen molar-refractivity contribution in [3.05, 3.63) is 158 Å². The third kappa shape index (κ3) is 25.9. The predicted octanol–water partition coefficient (Wildman–Crippen LogP) is 28.8. The Morgan fingerprint density at radius 3 is 0.793 bits per heavy atom. The standard InChI is InChI=1S/3C18H24O3S2.2C16H18Br2O3S2.C16H20O3S2.O3S/c3*1-11-10-13-16(22-11)17-14(18(13,3)4)15(12(2)23-17)21-9-8-20-7-6-19-5;2*1-16(2)9-8-10(17)22-13(9)14-11(16)12(15(18)23-14)21-7-6-20-5-4-19-3;1-16(2)11-4-9-20-14(11)15-13(16)12(10-21-15)19-8-7-18-6-5-17-3;1-4(2)3/h3*10H,6-9H2,1-5H3;2*8H,4-7H2,1-3H3;4,9-10H,5-8H2,1-3H3;. The molecular formula is C102H128Br4O21S13. The van der Waals surface area contributed by atoms with Gasteiger partial charge in [-0.25, -0.2) is 0 Å². The molecule has 6 aliphatic rings. The van der Waals surface area contributed by atoms with Gasteiger partial charge in [0, 0.05) is 163 Å². The Labute approximate surface area is 908 Å². The maximum atomic E-state index is 8.44. The van der Waals surface area contributed by atoms with Gasteiger partial charge < -0.3 is 85.3 Å². The van der Waals surface area contributed by atoms with Gasteiger partial charge in [-0.1, -0.05) is 83.1 Å². The van der Waals surface area contributed by atoms with Crippen molar-refractivity contribution in [2.45, 2.75) is 157 Å². The Kier molecular flexibility index (Phi) is 42.4. The van der Waals surface area contributed by atoms with Gasteiger partial charge in [-0.3, -0.25) is 0 Å². The first-order valence-corrected chi connectivity index (χ1v) is 60.0. The van der Waals surface area contributed by atoms with Crippen LogP contribution < -0.4 is 28.4 Å². The third-order valence-electron chi connectivity index (χ3n) is 24.6. The fourth-order valence-electron chi connectivity index (χ4n) is 17.9. The molecular weight excluding hydrogens is 2300 g/mol. The summed E-state index contributed by atoms with van der Waals surface area (Å²) in [5.41, 5.74) is 16.5. The molecule has 12 aromatic heterocycles. The van der Waals surface area contributed by atoms with E-state index >= 15 is 0 Å². The van der Waals surface area contributed by atoms with Crippen LogP contribution in [0.15, 0.2) is 62.3 Å². The van der Waals surface area contributed by atoms with Gasteiger partial charge in [-0.2, -0.15) is 0 Å². The van der Waals surface area contributed by atoms with E-state index in [-0.39, 0.29) is 32.5 Å². The highest BCUT2D eigenvalue weighted by Crippen LogP contribution is 2.67. The van der Waals surface area contributed by atoms with E-state index in [9.17, 15) is 0 Å². The number of methoxy groups -OCH3 is 6. The maximum absolute atomic E-state index is 8.44. The van der Waals surface area contributed by atoms with Crippen molar-refractivity contribution in [3.8, 4) is 93.0 Å². The Morgan fingerprint density at radius 1 is 0.257 bits per heavy atom. The largest absolute Gasteiger partial charge is 0.490 e. The van der Waals surface area contributed by atoms with Crippen LogP contribution in [-0.4, -0.2) is 214 Å². The molecule has 0 amide bonds. The average Bonchev–Trinajstić information content (AvgIpc) is 1.59. The van der Waals surface area contributed by atoms with Crippen molar-refractivity contribution in [2.75, 3.05) is 201 Å². The van der Waals surface area contributed by atoms with Crippen molar-refractivity contribution in [1.82, 2.24) is 0 Å². The summed E-state index contributed by atoms with van der Waals surface area (Å²) in [6.07, 6.45) is 0. The molecule has 768 valence electrons. The van der Waals surface area contributed by atoms with Crippen molar-refractivity contribution < 1.29 is 97.9 Å². The van der Waals surface area contributed by atoms with Crippen LogP contribution in [0.25, 0.3) is 58.5 Å². The lowest BCUT2D eigenvalue weighted by molar-refractivity contribution is 0.0541. The minimum atomic E-state index is -3.11. The lowest BCUT2D eigenvalue weighted by Crippen LogP contribution is -2.17. The second kappa shape index (κ2) is 51.7. The van der Waals surface area contributed by atoms with E-state index in [1.165, 1.54) is 162 Å². The van der Waals surface area contributed by atoms with E-state index < -0.39 is 10.6 Å². The van der Waals surface area contributed by atoms with Crippen LogP contribution in [-0.2, 0) is 99.9 Å². The quantitative estimate of drug-likeness (QED) is 0.0325. The van der Waals surface area contributed by atoms with E-state index in [2.05, 4.69) is 236 Å². The molecule has 0 unspecified atom stereocenters. The molecule has 0 saturated heterocycles. The average molecular weight is 2430 g/mol. The summed E-state index contributed by atoms with van der Waals surface area (Å²) >= 11 is 36.5. The van der Waals surface area contributed by atoms with Gasteiger partial charge in [-0.05, 0) is 180 Å². The first-order chi connectivity index (χ1) is 66.7. The molecule has 0 saturated carbocycles. The number of thiophene rings is 12. The Bertz CT molecular complexity index is 5520. The van der Waals surface area contributed by atoms with Crippen LogP contribution in [0, 0.1) is 41.5 Å². The van der Waals surface area contributed by atoms with Crippen LogP contribution >= 0.6 is 200 Å². The van der Waals surface area contributed by atoms with Crippen LogP contribution in [0.5, 0.6) is 34.5 Å². The number of halogens is 4. The molecule has 38 heteroatoms. The number of aryl methyl sites for hydroxylation is 6. The number of rotatable bonds is 42. The molecule has 12 heterocycles. The monoisotopic (exact) mass is 2420 g/mol. The highest BCUT2D eigenvalue weighted by Gasteiger charge is 2.49. The molecule has 0 aliphatic heterocycles. The van der Waals surface area contributed by atoms with E-state index in [0.29, 0.717) is 159 Å². The Hall–Kier alpha value is -3.74. The van der Waals surface area contributed by atoms with Crippen molar-refractivity contribution >= 4 is 210 Å². The molecule has 0 N–H and O–H groups in total. The second-order valence-corrected chi connectivity index (χ2v) is 55.6. The van der Waals surface area contributed by atoms with Gasteiger partial charge in [0.05, 0.1) is 166 Å². The summed E-state index contributed by atoms with van der Waals surface area (Å²) in [6.45, 7) is 54.7. The van der Waals surface area contributed by atoms with E-state index in [1.807, 2.05) is 79.4 Å². The minimum absolute atomic E-state index is 0.0203. The van der Waals surface area contributed by atoms with Crippen molar-refractivity contribution in [2.24, 2.45) is 0 Å². The van der Waals surface area contributed by atoms with E-state index in [1.54, 1.807) is 99.3 Å². The summed E-state index contributed by atoms with van der Waals surface area (Å²) in [6, 6.07) is 13.7. The predicted molar refractivity (Wildman–Crippen MR) is 597 cm³/mol. The Morgan fingerprint density at radius 2 is 0.500 bits per heavy atom. The van der Waals surface area contributed by atoms with Crippen molar-refractivity contribution in [1.29, 1.82) is 0 Å². The smallest absolute Gasteiger partial charge is 0.425 e. The summed E-state index contributed by atoms with van der Waals surface area (Å²) in [5.74, 6) is 6.12. The van der Waals surface area contributed by atoms with Gasteiger partial charge in [0.2, 0.25) is 0 Å². The lowest BCUT2D eigenvalue weighted by Gasteiger charge is -2.22. The highest BCUT2D eigenvalue weighted by atomic mass is 79.9. The normalized spacial score (nSPS) is 14.6. The number of ether oxygens (including phenoxy) is 18. The molecule has 21 nitrogen and oxygen atoms in total. The molecule has 0 aromatic carbocycles.